The third-order valence-corrected chi connectivity index (χ3v) is 5.81. The molecule has 0 fully saturated rings. The summed E-state index contributed by atoms with van der Waals surface area (Å²) in [6, 6.07) is 22.0. The molecule has 0 aliphatic carbocycles. The highest BCUT2D eigenvalue weighted by Gasteiger charge is 2.36. The molecule has 2 N–H and O–H groups in total. The maximum absolute atomic E-state index is 13.4. The van der Waals surface area contributed by atoms with Gasteiger partial charge in [0.05, 0.1) is 35.5 Å². The molecule has 2 aromatic carbocycles. The van der Waals surface area contributed by atoms with Crippen molar-refractivity contribution in [1.82, 2.24) is 20.4 Å². The van der Waals surface area contributed by atoms with Crippen LogP contribution in [0.2, 0.25) is 0 Å². The third kappa shape index (κ3) is 5.05. The van der Waals surface area contributed by atoms with E-state index >= 15 is 0 Å². The van der Waals surface area contributed by atoms with E-state index in [4.69, 9.17) is 13.9 Å². The minimum Gasteiger partial charge on any atom is -0.467 e. The van der Waals surface area contributed by atoms with E-state index in [0.29, 0.717) is 17.1 Å². The zero-order valence-electron chi connectivity index (χ0n) is 20.4. The van der Waals surface area contributed by atoms with Crippen molar-refractivity contribution in [2.75, 3.05) is 13.2 Å². The summed E-state index contributed by atoms with van der Waals surface area (Å²) < 4.78 is 17.8. The minimum atomic E-state index is -0.911. The van der Waals surface area contributed by atoms with Gasteiger partial charge in [0.15, 0.2) is 5.69 Å². The molecule has 1 atom stereocenters. The Labute approximate surface area is 217 Å². The van der Waals surface area contributed by atoms with Gasteiger partial charge in [-0.2, -0.15) is 5.10 Å². The molecule has 192 valence electrons. The predicted molar refractivity (Wildman–Crippen MR) is 136 cm³/mol. The summed E-state index contributed by atoms with van der Waals surface area (Å²) in [7, 11) is 0. The van der Waals surface area contributed by atoms with Crippen molar-refractivity contribution >= 4 is 18.0 Å². The van der Waals surface area contributed by atoms with Gasteiger partial charge in [-0.1, -0.05) is 48.5 Å². The molecule has 10 nitrogen and oxygen atoms in total. The van der Waals surface area contributed by atoms with Gasteiger partial charge in [0.1, 0.15) is 18.4 Å². The molecular weight excluding hydrogens is 488 g/mol. The van der Waals surface area contributed by atoms with E-state index < -0.39 is 30.6 Å². The highest BCUT2D eigenvalue weighted by Crippen LogP contribution is 2.29. The Morgan fingerprint density at radius 1 is 0.974 bits per heavy atom. The number of ether oxygens (including phenoxy) is 2. The number of para-hydroxylation sites is 1. The Balaban J connectivity index is 1.48. The molecule has 2 aromatic heterocycles. The van der Waals surface area contributed by atoms with Crippen LogP contribution in [0.15, 0.2) is 101 Å². The summed E-state index contributed by atoms with van der Waals surface area (Å²) in [4.78, 5) is 38.6. The van der Waals surface area contributed by atoms with Gasteiger partial charge >= 0.3 is 18.0 Å². The van der Waals surface area contributed by atoms with Crippen LogP contribution in [0, 0.1) is 0 Å². The lowest BCUT2D eigenvalue weighted by Crippen LogP contribution is -2.47. The number of hydrogen-bond donors (Lipinski definition) is 2. The summed E-state index contributed by atoms with van der Waals surface area (Å²) >= 11 is 0. The quantitative estimate of drug-likeness (QED) is 0.340. The van der Waals surface area contributed by atoms with Crippen molar-refractivity contribution in [2.45, 2.75) is 13.0 Å². The zero-order valence-corrected chi connectivity index (χ0v) is 20.4. The minimum absolute atomic E-state index is 0.0794. The lowest BCUT2D eigenvalue weighted by atomic mass is 10.0. The van der Waals surface area contributed by atoms with Gasteiger partial charge in [-0.3, -0.25) is 0 Å². The second-order valence-electron chi connectivity index (χ2n) is 8.26. The third-order valence-electron chi connectivity index (χ3n) is 5.81. The number of urea groups is 1. The summed E-state index contributed by atoms with van der Waals surface area (Å²) in [6.45, 7) is 1.40. The molecule has 0 spiro atoms. The van der Waals surface area contributed by atoms with Gasteiger partial charge < -0.3 is 24.5 Å². The highest BCUT2D eigenvalue weighted by atomic mass is 16.5. The first kappa shape index (κ1) is 24.6. The Hall–Kier alpha value is -5.12. The summed E-state index contributed by atoms with van der Waals surface area (Å²) in [5.41, 5.74) is 2.43. The van der Waals surface area contributed by atoms with Crippen LogP contribution >= 0.6 is 0 Å². The van der Waals surface area contributed by atoms with Crippen LogP contribution in [-0.4, -0.2) is 41.0 Å². The maximum Gasteiger partial charge on any atom is 0.357 e. The van der Waals surface area contributed by atoms with Crippen molar-refractivity contribution in [3.05, 3.63) is 108 Å². The highest BCUT2D eigenvalue weighted by molar-refractivity contribution is 5.95. The molecule has 38 heavy (non-hydrogen) atoms. The number of nitrogens with one attached hydrogen (secondary N) is 2. The number of esters is 2. The SMILES string of the molecule is CCOC(=O)C1=C(COC(=O)c2cc(-c3ccccc3)nn2-c2ccccc2)NC(=O)N[C@@H]1c1ccco1. The Morgan fingerprint density at radius 3 is 2.39 bits per heavy atom. The molecule has 10 heteroatoms. The fourth-order valence-electron chi connectivity index (χ4n) is 4.10. The summed E-state index contributed by atoms with van der Waals surface area (Å²) in [6.07, 6.45) is 1.43. The van der Waals surface area contributed by atoms with Crippen molar-refractivity contribution in [1.29, 1.82) is 0 Å². The van der Waals surface area contributed by atoms with Gasteiger partial charge in [-0.25, -0.2) is 19.1 Å². The van der Waals surface area contributed by atoms with E-state index in [0.717, 1.165) is 5.56 Å². The van der Waals surface area contributed by atoms with Crippen LogP contribution in [0.5, 0.6) is 0 Å². The lowest BCUT2D eigenvalue weighted by molar-refractivity contribution is -0.139. The van der Waals surface area contributed by atoms with E-state index in [9.17, 15) is 14.4 Å². The van der Waals surface area contributed by atoms with E-state index in [2.05, 4.69) is 15.7 Å². The Morgan fingerprint density at radius 2 is 1.71 bits per heavy atom. The van der Waals surface area contributed by atoms with E-state index in [1.165, 1.54) is 10.9 Å². The van der Waals surface area contributed by atoms with Gasteiger partial charge in [-0.15, -0.1) is 0 Å². The zero-order chi connectivity index (χ0) is 26.5. The monoisotopic (exact) mass is 512 g/mol. The molecule has 0 unspecified atom stereocenters. The van der Waals surface area contributed by atoms with Crippen LogP contribution in [-0.2, 0) is 14.3 Å². The second kappa shape index (κ2) is 10.9. The molecule has 3 heterocycles. The maximum atomic E-state index is 13.4. The molecular formula is C28H24N4O6. The van der Waals surface area contributed by atoms with E-state index in [1.807, 2.05) is 60.7 Å². The van der Waals surface area contributed by atoms with Crippen LogP contribution in [0.4, 0.5) is 4.79 Å². The number of furan rings is 1. The van der Waals surface area contributed by atoms with E-state index in [1.54, 1.807) is 25.1 Å². The molecule has 4 aromatic rings. The fraction of sp³-hybridized carbons (Fsp3) is 0.143. The van der Waals surface area contributed by atoms with Crippen molar-refractivity contribution in [3.8, 4) is 16.9 Å². The molecule has 5 rings (SSSR count). The first-order valence-corrected chi connectivity index (χ1v) is 11.9. The number of amides is 2. The van der Waals surface area contributed by atoms with Crippen LogP contribution < -0.4 is 10.6 Å². The molecule has 0 radical (unpaired) electrons. The molecule has 0 saturated carbocycles. The number of benzene rings is 2. The number of carbonyl (C=O) groups is 3. The van der Waals surface area contributed by atoms with Crippen LogP contribution in [0.1, 0.15) is 29.2 Å². The van der Waals surface area contributed by atoms with Crippen LogP contribution in [0.3, 0.4) is 0 Å². The second-order valence-corrected chi connectivity index (χ2v) is 8.26. The molecule has 0 saturated heterocycles. The average molecular weight is 513 g/mol. The molecule has 1 aliphatic heterocycles. The Bertz CT molecular complexity index is 1480. The van der Waals surface area contributed by atoms with E-state index in [-0.39, 0.29) is 23.6 Å². The smallest absolute Gasteiger partial charge is 0.357 e. The topological polar surface area (TPSA) is 125 Å². The first-order chi connectivity index (χ1) is 18.5. The molecule has 0 bridgehead atoms. The molecule has 1 aliphatic rings. The van der Waals surface area contributed by atoms with Crippen molar-refractivity contribution in [3.63, 3.8) is 0 Å². The number of aromatic nitrogens is 2. The lowest BCUT2D eigenvalue weighted by Gasteiger charge is -2.27. The van der Waals surface area contributed by atoms with Crippen molar-refractivity contribution < 1.29 is 28.3 Å². The Kier molecular flexibility index (Phi) is 7.03. The predicted octanol–water partition coefficient (Wildman–Crippen LogP) is 4.16. The molecule has 2 amide bonds. The largest absolute Gasteiger partial charge is 0.467 e. The van der Waals surface area contributed by atoms with Gasteiger partial charge in [-0.05, 0) is 37.3 Å². The number of rotatable bonds is 8. The number of carbonyl (C=O) groups excluding carboxylic acids is 3. The van der Waals surface area contributed by atoms with Gasteiger partial charge in [0.25, 0.3) is 0 Å². The van der Waals surface area contributed by atoms with Gasteiger partial charge in [0.2, 0.25) is 0 Å². The normalized spacial score (nSPS) is 15.0. The first-order valence-electron chi connectivity index (χ1n) is 11.9. The number of nitrogens with zero attached hydrogens (tertiary/aromatic N) is 2. The van der Waals surface area contributed by atoms with Crippen molar-refractivity contribution in [2.24, 2.45) is 0 Å². The standard InChI is InChI=1S/C28H24N4O6/c1-2-36-27(34)24-21(29-28(35)30-25(24)23-14-9-15-37-23)17-38-26(33)22-16-20(18-10-5-3-6-11-18)31-32(22)19-12-7-4-8-13-19/h3-16,25H,2,17H2,1H3,(H2,29,30,35)/t25-/m1/s1. The summed E-state index contributed by atoms with van der Waals surface area (Å²) in [5.74, 6) is -1.03. The van der Waals surface area contributed by atoms with Gasteiger partial charge in [0, 0.05) is 5.56 Å². The fourth-order valence-corrected chi connectivity index (χ4v) is 4.10. The van der Waals surface area contributed by atoms with Crippen LogP contribution in [0.25, 0.3) is 16.9 Å². The summed E-state index contributed by atoms with van der Waals surface area (Å²) in [5, 5.41) is 9.85. The average Bonchev–Trinajstić information content (AvgIpc) is 3.64. The number of hydrogen-bond acceptors (Lipinski definition) is 7.